The summed E-state index contributed by atoms with van der Waals surface area (Å²) in [6, 6.07) is 11.7. The minimum absolute atomic E-state index is 0.495. The molecule has 1 N–H and O–H groups in total. The minimum atomic E-state index is -0.495. The van der Waals surface area contributed by atoms with Crippen LogP contribution in [0, 0.1) is 0 Å². The summed E-state index contributed by atoms with van der Waals surface area (Å²) in [6.07, 6.45) is 1.32. The van der Waals surface area contributed by atoms with Crippen molar-refractivity contribution >= 4 is 14.5 Å². The Kier molecular flexibility index (Phi) is 3.47. The van der Waals surface area contributed by atoms with Crippen LogP contribution in [0.3, 0.4) is 0 Å². The Balaban J connectivity index is 2.11. The van der Waals surface area contributed by atoms with E-state index in [4.69, 9.17) is 0 Å². The minimum Gasteiger partial charge on any atom is -0.385 e. The average molecular weight is 219 g/mol. The van der Waals surface area contributed by atoms with Crippen LogP contribution in [0.5, 0.6) is 0 Å². The number of rotatable bonds is 3. The summed E-state index contributed by atoms with van der Waals surface area (Å²) >= 11 is 0. The van der Waals surface area contributed by atoms with E-state index in [0.717, 1.165) is 5.54 Å². The fourth-order valence-corrected chi connectivity index (χ4v) is 5.70. The molecular formula is C13H21NSi. The van der Waals surface area contributed by atoms with Gasteiger partial charge in [-0.15, -0.1) is 0 Å². The second-order valence-electron chi connectivity index (χ2n) is 4.58. The fraction of sp³-hybridized carbons (Fsp3) is 0.538. The predicted molar refractivity (Wildman–Crippen MR) is 70.5 cm³/mol. The van der Waals surface area contributed by atoms with Gasteiger partial charge in [-0.2, -0.15) is 0 Å². The van der Waals surface area contributed by atoms with E-state index in [0.29, 0.717) is 0 Å². The number of hydrogen-bond donors (Lipinski definition) is 1. The molecule has 1 aromatic carbocycles. The Hall–Kier alpha value is -0.763. The van der Waals surface area contributed by atoms with Crippen molar-refractivity contribution in [1.29, 1.82) is 0 Å². The Morgan fingerprint density at radius 3 is 2.73 bits per heavy atom. The van der Waals surface area contributed by atoms with E-state index in [9.17, 15) is 0 Å². The Morgan fingerprint density at radius 1 is 1.27 bits per heavy atom. The van der Waals surface area contributed by atoms with Gasteiger partial charge in [0.25, 0.3) is 0 Å². The third kappa shape index (κ3) is 2.25. The van der Waals surface area contributed by atoms with Gasteiger partial charge in [-0.05, 0) is 23.6 Å². The molecule has 1 unspecified atom stereocenters. The zero-order valence-corrected chi connectivity index (χ0v) is 10.9. The normalized spacial score (nSPS) is 19.8. The third-order valence-electron chi connectivity index (χ3n) is 3.77. The van der Waals surface area contributed by atoms with Crippen LogP contribution in [-0.4, -0.2) is 15.3 Å². The van der Waals surface area contributed by atoms with Crippen molar-refractivity contribution in [3.63, 3.8) is 0 Å². The lowest BCUT2D eigenvalue weighted by Crippen LogP contribution is -2.30. The topological polar surface area (TPSA) is 12.0 Å². The van der Waals surface area contributed by atoms with Gasteiger partial charge in [0.2, 0.25) is 0 Å². The molecule has 0 bridgehead atoms. The SMILES string of the molecule is CC[SiH](CC)C1CNc2ccccc2C1. The van der Waals surface area contributed by atoms with E-state index in [1.165, 1.54) is 36.3 Å². The molecule has 1 aromatic rings. The van der Waals surface area contributed by atoms with Crippen molar-refractivity contribution in [2.75, 3.05) is 11.9 Å². The van der Waals surface area contributed by atoms with Gasteiger partial charge in [0, 0.05) is 21.0 Å². The molecule has 0 radical (unpaired) electrons. The zero-order chi connectivity index (χ0) is 10.7. The fourth-order valence-electron chi connectivity index (χ4n) is 2.76. The van der Waals surface area contributed by atoms with Crippen LogP contribution in [-0.2, 0) is 6.42 Å². The van der Waals surface area contributed by atoms with E-state index >= 15 is 0 Å². The molecule has 0 saturated heterocycles. The molecule has 0 saturated carbocycles. The van der Waals surface area contributed by atoms with Crippen LogP contribution < -0.4 is 5.32 Å². The number of anilines is 1. The second-order valence-corrected chi connectivity index (χ2v) is 8.67. The molecule has 1 heterocycles. The van der Waals surface area contributed by atoms with Gasteiger partial charge in [-0.3, -0.25) is 0 Å². The molecule has 15 heavy (non-hydrogen) atoms. The van der Waals surface area contributed by atoms with Gasteiger partial charge in [-0.25, -0.2) is 0 Å². The highest BCUT2D eigenvalue weighted by molar-refractivity contribution is 6.60. The van der Waals surface area contributed by atoms with Crippen LogP contribution in [0.25, 0.3) is 0 Å². The van der Waals surface area contributed by atoms with Gasteiger partial charge in [-0.1, -0.05) is 44.1 Å². The lowest BCUT2D eigenvalue weighted by molar-refractivity contribution is 0.796. The molecule has 1 nitrogen and oxygen atoms in total. The summed E-state index contributed by atoms with van der Waals surface area (Å²) < 4.78 is 0. The molecule has 0 aliphatic carbocycles. The molecule has 1 aliphatic heterocycles. The Bertz CT molecular complexity index is 320. The third-order valence-corrected chi connectivity index (χ3v) is 7.67. The first-order chi connectivity index (χ1) is 7.35. The largest absolute Gasteiger partial charge is 0.385 e. The van der Waals surface area contributed by atoms with E-state index in [2.05, 4.69) is 43.4 Å². The van der Waals surface area contributed by atoms with Gasteiger partial charge in [0.15, 0.2) is 0 Å². The van der Waals surface area contributed by atoms with E-state index in [1.54, 1.807) is 0 Å². The van der Waals surface area contributed by atoms with Gasteiger partial charge in [0.05, 0.1) is 0 Å². The van der Waals surface area contributed by atoms with Gasteiger partial charge in [0.1, 0.15) is 0 Å². The zero-order valence-electron chi connectivity index (χ0n) is 9.79. The van der Waals surface area contributed by atoms with Crippen LogP contribution in [0.1, 0.15) is 19.4 Å². The van der Waals surface area contributed by atoms with Crippen LogP contribution in [0.4, 0.5) is 5.69 Å². The number of benzene rings is 1. The number of nitrogens with one attached hydrogen (secondary N) is 1. The monoisotopic (exact) mass is 219 g/mol. The van der Waals surface area contributed by atoms with Gasteiger partial charge >= 0.3 is 0 Å². The summed E-state index contributed by atoms with van der Waals surface area (Å²) in [4.78, 5) is 0. The smallest absolute Gasteiger partial charge is 0.0419 e. The van der Waals surface area contributed by atoms with E-state index in [1.807, 2.05) is 0 Å². The summed E-state index contributed by atoms with van der Waals surface area (Å²) in [7, 11) is -0.495. The molecular weight excluding hydrogens is 198 g/mol. The Morgan fingerprint density at radius 2 is 2.00 bits per heavy atom. The highest BCUT2D eigenvalue weighted by atomic mass is 28.3. The van der Waals surface area contributed by atoms with Crippen LogP contribution >= 0.6 is 0 Å². The van der Waals surface area contributed by atoms with E-state index in [-0.39, 0.29) is 0 Å². The maximum absolute atomic E-state index is 3.60. The lowest BCUT2D eigenvalue weighted by Gasteiger charge is -2.30. The second kappa shape index (κ2) is 4.84. The van der Waals surface area contributed by atoms with Crippen LogP contribution in [0.2, 0.25) is 17.6 Å². The summed E-state index contributed by atoms with van der Waals surface area (Å²) in [5.41, 5.74) is 3.87. The standard InChI is InChI=1S/C13H21NSi/c1-3-15(4-2)12-9-11-7-5-6-8-13(11)14-10-12/h5-8,12,14-15H,3-4,9-10H2,1-2H3. The van der Waals surface area contributed by atoms with Gasteiger partial charge < -0.3 is 5.32 Å². The molecule has 0 aromatic heterocycles. The maximum Gasteiger partial charge on any atom is 0.0419 e. The molecule has 2 heteroatoms. The van der Waals surface area contributed by atoms with Crippen molar-refractivity contribution in [3.8, 4) is 0 Å². The Labute approximate surface area is 94.5 Å². The molecule has 0 amide bonds. The first-order valence-electron chi connectivity index (χ1n) is 6.16. The first-order valence-corrected chi connectivity index (χ1v) is 8.46. The summed E-state index contributed by atoms with van der Waals surface area (Å²) in [6.45, 7) is 5.97. The number of hydrogen-bond acceptors (Lipinski definition) is 1. The highest BCUT2D eigenvalue weighted by Crippen LogP contribution is 2.31. The lowest BCUT2D eigenvalue weighted by atomic mass is 10.0. The first kappa shape index (κ1) is 10.7. The van der Waals surface area contributed by atoms with Crippen molar-refractivity contribution in [3.05, 3.63) is 29.8 Å². The number of fused-ring (bicyclic) bond motifs is 1. The van der Waals surface area contributed by atoms with Crippen molar-refractivity contribution in [2.45, 2.75) is 37.9 Å². The molecule has 2 rings (SSSR count). The molecule has 82 valence electrons. The van der Waals surface area contributed by atoms with E-state index < -0.39 is 8.80 Å². The van der Waals surface area contributed by atoms with Crippen molar-refractivity contribution in [1.82, 2.24) is 0 Å². The highest BCUT2D eigenvalue weighted by Gasteiger charge is 2.24. The molecule has 0 fully saturated rings. The van der Waals surface area contributed by atoms with Crippen LogP contribution in [0.15, 0.2) is 24.3 Å². The number of para-hydroxylation sites is 1. The summed E-state index contributed by atoms with van der Waals surface area (Å²) in [5, 5.41) is 3.60. The predicted octanol–water partition coefficient (Wildman–Crippen LogP) is 3.29. The maximum atomic E-state index is 3.60. The molecule has 0 spiro atoms. The quantitative estimate of drug-likeness (QED) is 0.769. The van der Waals surface area contributed by atoms with Crippen molar-refractivity contribution < 1.29 is 0 Å². The average Bonchev–Trinajstić information content (AvgIpc) is 2.30. The summed E-state index contributed by atoms with van der Waals surface area (Å²) in [5.74, 6) is 0. The van der Waals surface area contributed by atoms with Crippen molar-refractivity contribution in [2.24, 2.45) is 0 Å². The molecule has 1 aliphatic rings. The molecule has 1 atom stereocenters.